The molecule has 1 fully saturated rings. The molecule has 0 unspecified atom stereocenters. The summed E-state index contributed by atoms with van der Waals surface area (Å²) in [7, 11) is 0. The van der Waals surface area contributed by atoms with Gasteiger partial charge in [-0.05, 0) is 39.7 Å². The molecule has 0 bridgehead atoms. The van der Waals surface area contributed by atoms with E-state index in [1.54, 1.807) is 0 Å². The lowest BCUT2D eigenvalue weighted by Crippen LogP contribution is -2.25. The Labute approximate surface area is 84.7 Å². The van der Waals surface area contributed by atoms with Crippen molar-refractivity contribution in [3.63, 3.8) is 0 Å². The normalized spacial score (nSPS) is 17.4. The second-order valence-corrected chi connectivity index (χ2v) is 5.08. The lowest BCUT2D eigenvalue weighted by atomic mass is 10.1. The summed E-state index contributed by atoms with van der Waals surface area (Å²) < 4.78 is 2.07. The number of hydrogen-bond acceptors (Lipinski definition) is 2. The minimum atomic E-state index is 0.0192. The maximum Gasteiger partial charge on any atom is 0.0882 e. The van der Waals surface area contributed by atoms with Crippen molar-refractivity contribution >= 4 is 0 Å². The number of aliphatic hydroxyl groups excluding tert-OH is 1. The molecule has 1 N–H and O–H groups in total. The Hall–Kier alpha value is -0.830. The minimum absolute atomic E-state index is 0.0192. The van der Waals surface area contributed by atoms with Crippen molar-refractivity contribution < 1.29 is 5.11 Å². The van der Waals surface area contributed by atoms with Crippen LogP contribution in [0.15, 0.2) is 6.07 Å². The Kier molecular flexibility index (Phi) is 2.14. The largest absolute Gasteiger partial charge is 0.390 e. The summed E-state index contributed by atoms with van der Waals surface area (Å²) >= 11 is 0. The Morgan fingerprint density at radius 1 is 1.50 bits per heavy atom. The molecule has 0 aliphatic heterocycles. The molecule has 0 radical (unpaired) electrons. The van der Waals surface area contributed by atoms with Gasteiger partial charge in [-0.3, -0.25) is 4.68 Å². The van der Waals surface area contributed by atoms with Crippen LogP contribution in [-0.4, -0.2) is 14.9 Å². The van der Waals surface area contributed by atoms with Crippen molar-refractivity contribution in [3.8, 4) is 0 Å². The van der Waals surface area contributed by atoms with Gasteiger partial charge < -0.3 is 5.11 Å². The summed E-state index contributed by atoms with van der Waals surface area (Å²) in [5.41, 5.74) is 2.11. The zero-order valence-corrected chi connectivity index (χ0v) is 9.12. The van der Waals surface area contributed by atoms with E-state index in [0.29, 0.717) is 5.92 Å². The molecular formula is C11H18N2O. The fraction of sp³-hybridized carbons (Fsp3) is 0.727. The number of rotatable bonds is 2. The molecule has 1 aliphatic carbocycles. The third kappa shape index (κ3) is 1.69. The van der Waals surface area contributed by atoms with Crippen LogP contribution in [0.3, 0.4) is 0 Å². The third-order valence-corrected chi connectivity index (χ3v) is 2.58. The lowest BCUT2D eigenvalue weighted by Gasteiger charge is -2.22. The molecule has 0 atom stereocenters. The van der Waals surface area contributed by atoms with Gasteiger partial charge in [0.15, 0.2) is 0 Å². The van der Waals surface area contributed by atoms with Crippen LogP contribution in [0.2, 0.25) is 0 Å². The summed E-state index contributed by atoms with van der Waals surface area (Å²) in [6, 6.07) is 2.04. The van der Waals surface area contributed by atoms with Crippen molar-refractivity contribution in [2.75, 3.05) is 0 Å². The molecule has 1 aliphatic rings. The molecule has 3 heteroatoms. The third-order valence-electron chi connectivity index (χ3n) is 2.58. The quantitative estimate of drug-likeness (QED) is 0.782. The molecule has 0 aromatic carbocycles. The SMILES string of the molecule is CC(C)(C)n1nc(CO)cc1C1CC1. The molecule has 1 saturated carbocycles. The molecule has 3 nitrogen and oxygen atoms in total. The van der Waals surface area contributed by atoms with E-state index in [1.807, 2.05) is 6.07 Å². The van der Waals surface area contributed by atoms with E-state index in [1.165, 1.54) is 18.5 Å². The van der Waals surface area contributed by atoms with Crippen LogP contribution in [-0.2, 0) is 12.1 Å². The smallest absolute Gasteiger partial charge is 0.0882 e. The summed E-state index contributed by atoms with van der Waals surface area (Å²) in [6.07, 6.45) is 2.54. The molecule has 0 amide bonds. The second-order valence-electron chi connectivity index (χ2n) is 5.08. The maximum absolute atomic E-state index is 9.07. The van der Waals surface area contributed by atoms with Crippen molar-refractivity contribution in [2.45, 2.75) is 51.7 Å². The van der Waals surface area contributed by atoms with Crippen LogP contribution < -0.4 is 0 Å². The highest BCUT2D eigenvalue weighted by Gasteiger charge is 2.31. The van der Waals surface area contributed by atoms with Gasteiger partial charge in [0.1, 0.15) is 0 Å². The Morgan fingerprint density at radius 3 is 2.57 bits per heavy atom. The van der Waals surface area contributed by atoms with Crippen LogP contribution in [0.4, 0.5) is 0 Å². The van der Waals surface area contributed by atoms with Gasteiger partial charge in [0, 0.05) is 11.6 Å². The van der Waals surface area contributed by atoms with Gasteiger partial charge in [0.2, 0.25) is 0 Å². The molecule has 1 aromatic rings. The van der Waals surface area contributed by atoms with Crippen molar-refractivity contribution in [2.24, 2.45) is 0 Å². The Morgan fingerprint density at radius 2 is 2.14 bits per heavy atom. The topological polar surface area (TPSA) is 38.0 Å². The van der Waals surface area contributed by atoms with Gasteiger partial charge in [0.25, 0.3) is 0 Å². The summed E-state index contributed by atoms with van der Waals surface area (Å²) in [5, 5.41) is 13.5. The molecule has 14 heavy (non-hydrogen) atoms. The average molecular weight is 194 g/mol. The first-order valence-corrected chi connectivity index (χ1v) is 5.22. The van der Waals surface area contributed by atoms with Crippen LogP contribution >= 0.6 is 0 Å². The average Bonchev–Trinajstić information content (AvgIpc) is 2.83. The van der Waals surface area contributed by atoms with Crippen LogP contribution in [0.1, 0.15) is 50.9 Å². The second kappa shape index (κ2) is 3.09. The van der Waals surface area contributed by atoms with E-state index in [2.05, 4.69) is 30.6 Å². The zero-order valence-electron chi connectivity index (χ0n) is 9.12. The van der Waals surface area contributed by atoms with E-state index in [4.69, 9.17) is 5.11 Å². The van der Waals surface area contributed by atoms with Crippen LogP contribution in [0.25, 0.3) is 0 Å². The monoisotopic (exact) mass is 194 g/mol. The van der Waals surface area contributed by atoms with Gasteiger partial charge in [0.05, 0.1) is 17.8 Å². The summed E-state index contributed by atoms with van der Waals surface area (Å²) in [5.74, 6) is 0.682. The first-order valence-electron chi connectivity index (χ1n) is 5.22. The van der Waals surface area contributed by atoms with E-state index in [9.17, 15) is 0 Å². The van der Waals surface area contributed by atoms with Crippen LogP contribution in [0, 0.1) is 0 Å². The summed E-state index contributed by atoms with van der Waals surface area (Å²) in [6.45, 7) is 6.48. The minimum Gasteiger partial charge on any atom is -0.390 e. The molecular weight excluding hydrogens is 176 g/mol. The predicted molar refractivity (Wildman–Crippen MR) is 55.1 cm³/mol. The number of hydrogen-bond donors (Lipinski definition) is 1. The van der Waals surface area contributed by atoms with E-state index >= 15 is 0 Å². The first-order chi connectivity index (χ1) is 6.52. The van der Waals surface area contributed by atoms with Gasteiger partial charge >= 0.3 is 0 Å². The van der Waals surface area contributed by atoms with Gasteiger partial charge in [-0.25, -0.2) is 0 Å². The highest BCUT2D eigenvalue weighted by Crippen LogP contribution is 2.41. The standard InChI is InChI=1S/C11H18N2O/c1-11(2,3)13-10(8-4-5-8)6-9(7-14)12-13/h6,8,14H,4-5,7H2,1-3H3. The molecule has 1 heterocycles. The molecule has 1 aromatic heterocycles. The van der Waals surface area contributed by atoms with E-state index in [0.717, 1.165) is 5.69 Å². The van der Waals surface area contributed by atoms with Gasteiger partial charge in [-0.1, -0.05) is 0 Å². The fourth-order valence-corrected chi connectivity index (χ4v) is 1.73. The fourth-order valence-electron chi connectivity index (χ4n) is 1.73. The van der Waals surface area contributed by atoms with Gasteiger partial charge in [-0.15, -0.1) is 0 Å². The highest BCUT2D eigenvalue weighted by molar-refractivity contribution is 5.20. The van der Waals surface area contributed by atoms with Crippen molar-refractivity contribution in [3.05, 3.63) is 17.5 Å². The molecule has 0 saturated heterocycles. The van der Waals surface area contributed by atoms with E-state index in [-0.39, 0.29) is 12.1 Å². The van der Waals surface area contributed by atoms with Gasteiger partial charge in [-0.2, -0.15) is 5.10 Å². The molecule has 2 rings (SSSR count). The maximum atomic E-state index is 9.07. The Balaban J connectivity index is 2.40. The number of aliphatic hydroxyl groups is 1. The number of nitrogens with zero attached hydrogens (tertiary/aromatic N) is 2. The van der Waals surface area contributed by atoms with Crippen LogP contribution in [0.5, 0.6) is 0 Å². The van der Waals surface area contributed by atoms with Crippen molar-refractivity contribution in [1.82, 2.24) is 9.78 Å². The Bertz CT molecular complexity index is 332. The predicted octanol–water partition coefficient (Wildman–Crippen LogP) is 2.01. The zero-order chi connectivity index (χ0) is 10.3. The lowest BCUT2D eigenvalue weighted by molar-refractivity contribution is 0.269. The molecule has 78 valence electrons. The summed E-state index contributed by atoms with van der Waals surface area (Å²) in [4.78, 5) is 0. The van der Waals surface area contributed by atoms with Crippen molar-refractivity contribution in [1.29, 1.82) is 0 Å². The first kappa shape index (κ1) is 9.71. The molecule has 0 spiro atoms. The number of aromatic nitrogens is 2. The highest BCUT2D eigenvalue weighted by atomic mass is 16.3. The van der Waals surface area contributed by atoms with E-state index < -0.39 is 0 Å².